The molecule has 8 heteroatoms. The smallest absolute Gasteiger partial charge is 0.273 e. The van der Waals surface area contributed by atoms with E-state index < -0.39 is 15.9 Å². The van der Waals surface area contributed by atoms with Gasteiger partial charge >= 0.3 is 0 Å². The number of nitrogens with two attached hydrogens (primary N) is 1. The first-order valence-corrected chi connectivity index (χ1v) is 7.72. The molecule has 1 aromatic heterocycles. The Hall–Kier alpha value is -1.41. The highest BCUT2D eigenvalue weighted by atomic mass is 32.2. The van der Waals surface area contributed by atoms with Crippen molar-refractivity contribution in [3.8, 4) is 0 Å². The van der Waals surface area contributed by atoms with Crippen LogP contribution in [0, 0.1) is 0 Å². The predicted molar refractivity (Wildman–Crippen MR) is 71.3 cm³/mol. The van der Waals surface area contributed by atoms with Crippen LogP contribution in [0.2, 0.25) is 0 Å². The average Bonchev–Trinajstić information content (AvgIpc) is 2.73. The minimum atomic E-state index is -4.00. The molecule has 1 aromatic rings. The van der Waals surface area contributed by atoms with E-state index in [2.05, 4.69) is 15.5 Å². The molecule has 0 spiro atoms. The van der Waals surface area contributed by atoms with Gasteiger partial charge in [0.05, 0.1) is 5.69 Å². The van der Waals surface area contributed by atoms with Crippen molar-refractivity contribution in [2.45, 2.75) is 44.4 Å². The first-order valence-electron chi connectivity index (χ1n) is 6.18. The van der Waals surface area contributed by atoms with Crippen molar-refractivity contribution in [1.29, 1.82) is 0 Å². The van der Waals surface area contributed by atoms with E-state index in [1.54, 1.807) is 13.8 Å². The lowest BCUT2D eigenvalue weighted by molar-refractivity contribution is 0.0945. The van der Waals surface area contributed by atoms with E-state index in [4.69, 9.17) is 5.14 Å². The Bertz CT molecular complexity index is 548. The van der Waals surface area contributed by atoms with Gasteiger partial charge in [0.1, 0.15) is 4.90 Å². The lowest BCUT2D eigenvalue weighted by Crippen LogP contribution is -2.27. The zero-order valence-corrected chi connectivity index (χ0v) is 12.2. The molecule has 0 radical (unpaired) electrons. The van der Waals surface area contributed by atoms with Crippen LogP contribution in [-0.2, 0) is 10.0 Å². The van der Waals surface area contributed by atoms with Gasteiger partial charge in [-0.05, 0) is 12.3 Å². The number of aromatic nitrogens is 2. The van der Waals surface area contributed by atoms with Gasteiger partial charge in [-0.3, -0.25) is 9.89 Å². The topological polar surface area (TPSA) is 118 Å². The second-order valence-corrected chi connectivity index (χ2v) is 6.12. The molecule has 4 N–H and O–H groups in total. The van der Waals surface area contributed by atoms with E-state index in [-0.39, 0.29) is 16.5 Å². The van der Waals surface area contributed by atoms with Crippen molar-refractivity contribution >= 4 is 15.9 Å². The molecule has 0 aliphatic carbocycles. The number of unbranched alkanes of at least 4 members (excludes halogenated alkanes) is 1. The van der Waals surface area contributed by atoms with Gasteiger partial charge in [-0.1, -0.05) is 27.2 Å². The summed E-state index contributed by atoms with van der Waals surface area (Å²) in [5, 5.41) is 14.2. The molecule has 0 aromatic carbocycles. The summed E-state index contributed by atoms with van der Waals surface area (Å²) in [7, 11) is -4.00. The number of aromatic amines is 1. The lowest BCUT2D eigenvalue weighted by Gasteiger charge is -2.06. The van der Waals surface area contributed by atoms with Crippen LogP contribution < -0.4 is 10.5 Å². The zero-order chi connectivity index (χ0) is 14.6. The van der Waals surface area contributed by atoms with Gasteiger partial charge in [0, 0.05) is 6.54 Å². The molecule has 1 rings (SSSR count). The number of primary sulfonamides is 1. The number of carbonyl (C=O) groups excluding carboxylic acids is 1. The molecule has 0 atom stereocenters. The number of rotatable bonds is 6. The van der Waals surface area contributed by atoms with Crippen LogP contribution in [-0.4, -0.2) is 31.1 Å². The van der Waals surface area contributed by atoms with Gasteiger partial charge in [0.2, 0.25) is 10.0 Å². The van der Waals surface area contributed by atoms with Crippen LogP contribution in [0.1, 0.15) is 55.7 Å². The number of nitrogens with zero attached hydrogens (tertiary/aromatic N) is 1. The summed E-state index contributed by atoms with van der Waals surface area (Å²) in [6.07, 6.45) is 1.75. The predicted octanol–water partition coefficient (Wildman–Crippen LogP) is 0.710. The van der Waals surface area contributed by atoms with E-state index in [0.717, 1.165) is 12.8 Å². The molecule has 0 unspecified atom stereocenters. The fourth-order valence-electron chi connectivity index (χ4n) is 1.64. The van der Waals surface area contributed by atoms with Crippen LogP contribution in [0.4, 0.5) is 0 Å². The molecule has 1 heterocycles. The number of hydrogen-bond donors (Lipinski definition) is 3. The number of sulfonamides is 1. The summed E-state index contributed by atoms with van der Waals surface area (Å²) in [6.45, 7) is 6.05. The Morgan fingerprint density at radius 3 is 2.58 bits per heavy atom. The minimum Gasteiger partial charge on any atom is -0.351 e. The van der Waals surface area contributed by atoms with E-state index in [9.17, 15) is 13.2 Å². The lowest BCUT2D eigenvalue weighted by atomic mass is 10.1. The van der Waals surface area contributed by atoms with Crippen molar-refractivity contribution < 1.29 is 13.2 Å². The monoisotopic (exact) mass is 288 g/mol. The molecular weight excluding hydrogens is 268 g/mol. The van der Waals surface area contributed by atoms with Gasteiger partial charge in [-0.2, -0.15) is 5.10 Å². The number of amides is 1. The van der Waals surface area contributed by atoms with Gasteiger partial charge in [0.25, 0.3) is 5.91 Å². The van der Waals surface area contributed by atoms with Crippen molar-refractivity contribution in [2.75, 3.05) is 6.54 Å². The summed E-state index contributed by atoms with van der Waals surface area (Å²) >= 11 is 0. The molecule has 0 bridgehead atoms. The standard InChI is InChI=1S/C11H20N4O3S/c1-4-5-6-13-11(16)9-10(19(12,17)18)8(7(2)3)14-15-9/h7H,4-6H2,1-3H3,(H,13,16)(H,14,15)(H2,12,17,18). The van der Waals surface area contributed by atoms with Crippen LogP contribution in [0.5, 0.6) is 0 Å². The van der Waals surface area contributed by atoms with Gasteiger partial charge in [-0.15, -0.1) is 0 Å². The summed E-state index contributed by atoms with van der Waals surface area (Å²) in [4.78, 5) is 11.7. The molecule has 0 aliphatic heterocycles. The van der Waals surface area contributed by atoms with Crippen LogP contribution in [0.25, 0.3) is 0 Å². The van der Waals surface area contributed by atoms with E-state index >= 15 is 0 Å². The Balaban J connectivity index is 3.12. The Morgan fingerprint density at radius 1 is 1.47 bits per heavy atom. The minimum absolute atomic E-state index is 0.127. The quantitative estimate of drug-likeness (QED) is 0.668. The van der Waals surface area contributed by atoms with Gasteiger partial charge in [-0.25, -0.2) is 13.6 Å². The van der Waals surface area contributed by atoms with Crippen molar-refractivity contribution in [3.05, 3.63) is 11.4 Å². The molecule has 1 amide bonds. The first kappa shape index (κ1) is 15.6. The fourth-order valence-corrected chi connectivity index (χ4v) is 2.64. The SMILES string of the molecule is CCCCNC(=O)c1n[nH]c(C(C)C)c1S(N)(=O)=O. The maximum absolute atomic E-state index is 11.9. The second kappa shape index (κ2) is 6.16. The maximum atomic E-state index is 11.9. The molecule has 7 nitrogen and oxygen atoms in total. The molecule has 0 saturated heterocycles. The Morgan fingerprint density at radius 2 is 2.11 bits per heavy atom. The van der Waals surface area contributed by atoms with Crippen LogP contribution in [0.3, 0.4) is 0 Å². The van der Waals surface area contributed by atoms with Crippen molar-refractivity contribution in [3.63, 3.8) is 0 Å². The summed E-state index contributed by atoms with van der Waals surface area (Å²) < 4.78 is 23.2. The number of carbonyl (C=O) groups is 1. The largest absolute Gasteiger partial charge is 0.351 e. The summed E-state index contributed by atoms with van der Waals surface area (Å²) in [5.74, 6) is -0.654. The van der Waals surface area contributed by atoms with Crippen LogP contribution >= 0.6 is 0 Å². The molecule has 0 saturated carbocycles. The third-order valence-electron chi connectivity index (χ3n) is 2.64. The Kier molecular flexibility index (Phi) is 5.07. The zero-order valence-electron chi connectivity index (χ0n) is 11.4. The molecule has 19 heavy (non-hydrogen) atoms. The van der Waals surface area contributed by atoms with Crippen LogP contribution in [0.15, 0.2) is 4.90 Å². The molecule has 0 aliphatic rings. The van der Waals surface area contributed by atoms with E-state index in [0.29, 0.717) is 12.2 Å². The summed E-state index contributed by atoms with van der Waals surface area (Å²) in [5.41, 5.74) is 0.186. The maximum Gasteiger partial charge on any atom is 0.273 e. The summed E-state index contributed by atoms with van der Waals surface area (Å²) in [6, 6.07) is 0. The number of nitrogens with one attached hydrogen (secondary N) is 2. The normalized spacial score (nSPS) is 11.8. The Labute approximate surface area is 113 Å². The second-order valence-electron chi connectivity index (χ2n) is 4.62. The number of H-pyrrole nitrogens is 1. The fraction of sp³-hybridized carbons (Fsp3) is 0.636. The van der Waals surface area contributed by atoms with Gasteiger partial charge in [0.15, 0.2) is 5.69 Å². The third kappa shape index (κ3) is 3.77. The van der Waals surface area contributed by atoms with E-state index in [1.165, 1.54) is 0 Å². The average molecular weight is 288 g/mol. The van der Waals surface area contributed by atoms with E-state index in [1.807, 2.05) is 6.92 Å². The highest BCUT2D eigenvalue weighted by Gasteiger charge is 2.28. The first-order chi connectivity index (χ1) is 8.79. The van der Waals surface area contributed by atoms with Gasteiger partial charge < -0.3 is 5.32 Å². The molecule has 108 valence electrons. The molecule has 0 fully saturated rings. The highest BCUT2D eigenvalue weighted by Crippen LogP contribution is 2.23. The van der Waals surface area contributed by atoms with Crippen molar-refractivity contribution in [1.82, 2.24) is 15.5 Å². The number of hydrogen-bond acceptors (Lipinski definition) is 4. The third-order valence-corrected chi connectivity index (χ3v) is 3.62. The molecular formula is C11H20N4O3S. The van der Waals surface area contributed by atoms with Crippen molar-refractivity contribution in [2.24, 2.45) is 5.14 Å². The highest BCUT2D eigenvalue weighted by molar-refractivity contribution is 7.89.